The van der Waals surface area contributed by atoms with E-state index in [4.69, 9.17) is 24.2 Å². The van der Waals surface area contributed by atoms with Crippen molar-refractivity contribution >= 4 is 32.9 Å². The summed E-state index contributed by atoms with van der Waals surface area (Å²) in [5.74, 6) is 2.19. The molecule has 0 saturated carbocycles. The van der Waals surface area contributed by atoms with Crippen LogP contribution >= 0.6 is 22.7 Å². The van der Waals surface area contributed by atoms with Crippen molar-refractivity contribution in [1.29, 1.82) is 5.26 Å². The van der Waals surface area contributed by atoms with Crippen molar-refractivity contribution in [3.8, 4) is 33.9 Å². The van der Waals surface area contributed by atoms with Crippen molar-refractivity contribution in [3.63, 3.8) is 0 Å². The molecule has 1 saturated heterocycles. The number of benzene rings is 1. The number of fused-ring (bicyclic) bond motifs is 1. The molecular formula is C23H20N4O3S2. The van der Waals surface area contributed by atoms with Crippen LogP contribution in [0.15, 0.2) is 41.1 Å². The van der Waals surface area contributed by atoms with Crippen LogP contribution in [0, 0.1) is 11.3 Å². The van der Waals surface area contributed by atoms with E-state index in [9.17, 15) is 5.26 Å². The summed E-state index contributed by atoms with van der Waals surface area (Å²) in [6, 6.07) is 11.3. The molecule has 7 nitrogen and oxygen atoms in total. The van der Waals surface area contributed by atoms with Gasteiger partial charge in [-0.3, -0.25) is 4.90 Å². The summed E-state index contributed by atoms with van der Waals surface area (Å²) in [5, 5.41) is 14.2. The zero-order valence-corrected chi connectivity index (χ0v) is 19.0. The molecule has 9 heteroatoms. The van der Waals surface area contributed by atoms with Gasteiger partial charge in [0.2, 0.25) is 5.88 Å². The predicted octanol–water partition coefficient (Wildman–Crippen LogP) is 4.92. The highest BCUT2D eigenvalue weighted by Crippen LogP contribution is 2.42. The van der Waals surface area contributed by atoms with Crippen molar-refractivity contribution < 1.29 is 14.2 Å². The molecule has 0 aliphatic carbocycles. The average Bonchev–Trinajstić information content (AvgIpc) is 3.50. The highest BCUT2D eigenvalue weighted by molar-refractivity contribution is 7.18. The Kier molecular flexibility index (Phi) is 6.01. The molecule has 5 rings (SSSR count). The summed E-state index contributed by atoms with van der Waals surface area (Å²) in [7, 11) is 1.56. The lowest BCUT2D eigenvalue weighted by molar-refractivity contribution is 0.0330. The van der Waals surface area contributed by atoms with Crippen molar-refractivity contribution in [1.82, 2.24) is 14.9 Å². The minimum absolute atomic E-state index is 0.485. The maximum Gasteiger partial charge on any atom is 0.232 e. The third kappa shape index (κ3) is 4.18. The highest BCUT2D eigenvalue weighted by Gasteiger charge is 2.21. The van der Waals surface area contributed by atoms with Crippen LogP contribution in [-0.2, 0) is 11.3 Å². The van der Waals surface area contributed by atoms with Crippen LogP contribution in [0.5, 0.6) is 17.4 Å². The second kappa shape index (κ2) is 9.22. The van der Waals surface area contributed by atoms with E-state index in [0.29, 0.717) is 35.3 Å². The van der Waals surface area contributed by atoms with Crippen molar-refractivity contribution in [2.24, 2.45) is 0 Å². The monoisotopic (exact) mass is 464 g/mol. The Morgan fingerprint density at radius 1 is 1.16 bits per heavy atom. The number of hydrogen-bond donors (Lipinski definition) is 0. The molecule has 4 aromatic rings. The van der Waals surface area contributed by atoms with E-state index in [1.807, 2.05) is 6.07 Å². The minimum Gasteiger partial charge on any atom is -0.493 e. The fourth-order valence-corrected chi connectivity index (χ4v) is 5.37. The van der Waals surface area contributed by atoms with E-state index in [-0.39, 0.29) is 0 Å². The summed E-state index contributed by atoms with van der Waals surface area (Å²) >= 11 is 3.26. The SMILES string of the molecule is COc1cc(C#N)ccc1Oc1nc(CN2CCOCC2)nc2scc(-c3cccs3)c12. The lowest BCUT2D eigenvalue weighted by Crippen LogP contribution is -2.36. The number of methoxy groups -OCH3 is 1. The molecule has 0 atom stereocenters. The maximum atomic E-state index is 9.21. The number of nitriles is 1. The fourth-order valence-electron chi connectivity index (χ4n) is 3.59. The number of nitrogens with zero attached hydrogens (tertiary/aromatic N) is 4. The molecule has 0 N–H and O–H groups in total. The standard InChI is InChI=1S/C23H20N4O3S2/c1-28-18-11-15(12-24)4-5-17(18)30-22-21-16(19-3-2-10-31-19)14-32-23(21)26-20(25-22)13-27-6-8-29-9-7-27/h2-5,10-11,14H,6-9,13H2,1H3. The fraction of sp³-hybridized carbons (Fsp3) is 0.261. The van der Waals surface area contributed by atoms with Crippen LogP contribution in [0.25, 0.3) is 20.7 Å². The van der Waals surface area contributed by atoms with Gasteiger partial charge in [0.25, 0.3) is 0 Å². The Bertz CT molecular complexity index is 1270. The number of rotatable bonds is 6. The molecule has 1 fully saturated rings. The molecule has 32 heavy (non-hydrogen) atoms. The van der Waals surface area contributed by atoms with Crippen LogP contribution in [-0.4, -0.2) is 48.3 Å². The predicted molar refractivity (Wildman–Crippen MR) is 125 cm³/mol. The van der Waals surface area contributed by atoms with Crippen LogP contribution in [0.3, 0.4) is 0 Å². The summed E-state index contributed by atoms with van der Waals surface area (Å²) in [4.78, 5) is 14.0. The largest absolute Gasteiger partial charge is 0.493 e. The van der Waals surface area contributed by atoms with E-state index in [0.717, 1.165) is 47.0 Å². The summed E-state index contributed by atoms with van der Waals surface area (Å²) in [6.45, 7) is 3.77. The number of hydrogen-bond acceptors (Lipinski definition) is 9. The summed E-state index contributed by atoms with van der Waals surface area (Å²) < 4.78 is 17.3. The van der Waals surface area contributed by atoms with Gasteiger partial charge in [-0.25, -0.2) is 4.98 Å². The van der Waals surface area contributed by atoms with Gasteiger partial charge in [-0.05, 0) is 23.6 Å². The Morgan fingerprint density at radius 3 is 2.78 bits per heavy atom. The minimum atomic E-state index is 0.485. The first-order valence-corrected chi connectivity index (χ1v) is 11.9. The molecule has 1 aliphatic heterocycles. The van der Waals surface area contributed by atoms with Crippen LogP contribution in [0.2, 0.25) is 0 Å². The molecule has 4 heterocycles. The second-order valence-electron chi connectivity index (χ2n) is 7.22. The normalized spacial score (nSPS) is 14.4. The average molecular weight is 465 g/mol. The Morgan fingerprint density at radius 2 is 2.03 bits per heavy atom. The first-order valence-electron chi connectivity index (χ1n) is 10.1. The van der Waals surface area contributed by atoms with Gasteiger partial charge in [-0.15, -0.1) is 22.7 Å². The maximum absolute atomic E-state index is 9.21. The highest BCUT2D eigenvalue weighted by atomic mass is 32.1. The third-order valence-electron chi connectivity index (χ3n) is 5.20. The number of thiophene rings is 2. The quantitative estimate of drug-likeness (QED) is 0.400. The molecule has 3 aromatic heterocycles. The van der Waals surface area contributed by atoms with Crippen LogP contribution in [0.1, 0.15) is 11.4 Å². The topological polar surface area (TPSA) is 80.5 Å². The Hall–Kier alpha value is -3.03. The number of aromatic nitrogens is 2. The van der Waals surface area contributed by atoms with Gasteiger partial charge in [-0.1, -0.05) is 6.07 Å². The van der Waals surface area contributed by atoms with E-state index in [2.05, 4.69) is 27.8 Å². The lowest BCUT2D eigenvalue weighted by atomic mass is 10.2. The van der Waals surface area contributed by atoms with E-state index >= 15 is 0 Å². The summed E-state index contributed by atoms with van der Waals surface area (Å²) in [5.41, 5.74) is 1.56. The third-order valence-corrected chi connectivity index (χ3v) is 6.98. The molecular weight excluding hydrogens is 444 g/mol. The van der Waals surface area contributed by atoms with Gasteiger partial charge in [0.05, 0.1) is 43.9 Å². The summed E-state index contributed by atoms with van der Waals surface area (Å²) in [6.07, 6.45) is 0. The molecule has 1 aromatic carbocycles. The number of morpholine rings is 1. The van der Waals surface area contributed by atoms with E-state index in [1.54, 1.807) is 48.0 Å². The van der Waals surface area contributed by atoms with Gasteiger partial charge in [0.15, 0.2) is 11.5 Å². The Labute approximate surface area is 193 Å². The molecule has 0 bridgehead atoms. The molecule has 0 radical (unpaired) electrons. The molecule has 0 amide bonds. The van der Waals surface area contributed by atoms with Gasteiger partial charge in [-0.2, -0.15) is 10.2 Å². The van der Waals surface area contributed by atoms with Gasteiger partial charge in [0, 0.05) is 35.0 Å². The smallest absolute Gasteiger partial charge is 0.232 e. The van der Waals surface area contributed by atoms with Gasteiger partial charge >= 0.3 is 0 Å². The van der Waals surface area contributed by atoms with E-state index in [1.165, 1.54) is 0 Å². The van der Waals surface area contributed by atoms with Gasteiger partial charge in [0.1, 0.15) is 10.7 Å². The Balaban J connectivity index is 1.59. The molecule has 1 aliphatic rings. The first-order chi connectivity index (χ1) is 15.7. The first kappa shape index (κ1) is 20.8. The van der Waals surface area contributed by atoms with Gasteiger partial charge < -0.3 is 14.2 Å². The number of ether oxygens (including phenoxy) is 3. The second-order valence-corrected chi connectivity index (χ2v) is 9.03. The van der Waals surface area contributed by atoms with Crippen molar-refractivity contribution in [3.05, 3.63) is 52.5 Å². The zero-order valence-electron chi connectivity index (χ0n) is 17.4. The van der Waals surface area contributed by atoms with Crippen molar-refractivity contribution in [2.75, 3.05) is 33.4 Å². The molecule has 0 unspecified atom stereocenters. The molecule has 0 spiro atoms. The zero-order chi connectivity index (χ0) is 21.9. The molecule has 162 valence electrons. The lowest BCUT2D eigenvalue weighted by Gasteiger charge is -2.25. The van der Waals surface area contributed by atoms with Crippen molar-refractivity contribution in [2.45, 2.75) is 6.54 Å². The van der Waals surface area contributed by atoms with E-state index < -0.39 is 0 Å². The van der Waals surface area contributed by atoms with Crippen LogP contribution < -0.4 is 9.47 Å². The van der Waals surface area contributed by atoms with Crippen LogP contribution in [0.4, 0.5) is 0 Å².